The van der Waals surface area contributed by atoms with Crippen molar-refractivity contribution in [3.63, 3.8) is 0 Å². The van der Waals surface area contributed by atoms with Gasteiger partial charge in [0.2, 0.25) is 0 Å². The van der Waals surface area contributed by atoms with Gasteiger partial charge in [-0.05, 0) is 25.1 Å². The standard InChI is InChI=1S/C10H14F2N2/c1-7(14-5-4-13)9-6-8(11)2-3-10(9)12/h2-3,6-7,14H,4-5,13H2,1H3. The summed E-state index contributed by atoms with van der Waals surface area (Å²) in [6.07, 6.45) is 0. The summed E-state index contributed by atoms with van der Waals surface area (Å²) in [6.45, 7) is 2.83. The highest BCUT2D eigenvalue weighted by atomic mass is 19.1. The van der Waals surface area contributed by atoms with Crippen LogP contribution in [-0.4, -0.2) is 13.1 Å². The zero-order valence-corrected chi connectivity index (χ0v) is 8.06. The molecule has 1 rings (SSSR count). The monoisotopic (exact) mass is 200 g/mol. The summed E-state index contributed by atoms with van der Waals surface area (Å²) in [5.74, 6) is -0.828. The molecule has 1 atom stereocenters. The molecule has 0 aromatic heterocycles. The van der Waals surface area contributed by atoms with E-state index in [-0.39, 0.29) is 6.04 Å². The molecule has 0 aliphatic rings. The van der Waals surface area contributed by atoms with E-state index in [2.05, 4.69) is 5.32 Å². The average molecular weight is 200 g/mol. The van der Waals surface area contributed by atoms with Gasteiger partial charge >= 0.3 is 0 Å². The second-order valence-corrected chi connectivity index (χ2v) is 3.13. The van der Waals surface area contributed by atoms with Gasteiger partial charge in [-0.2, -0.15) is 0 Å². The predicted molar refractivity (Wildman–Crippen MR) is 51.8 cm³/mol. The van der Waals surface area contributed by atoms with Gasteiger partial charge in [-0.1, -0.05) is 0 Å². The molecular weight excluding hydrogens is 186 g/mol. The molecule has 1 unspecified atom stereocenters. The molecule has 2 nitrogen and oxygen atoms in total. The lowest BCUT2D eigenvalue weighted by molar-refractivity contribution is 0.523. The Hall–Kier alpha value is -1.00. The van der Waals surface area contributed by atoms with Crippen LogP contribution in [-0.2, 0) is 0 Å². The summed E-state index contributed by atoms with van der Waals surface area (Å²) in [5, 5.41) is 2.98. The van der Waals surface area contributed by atoms with Crippen LogP contribution >= 0.6 is 0 Å². The average Bonchev–Trinajstić information content (AvgIpc) is 2.18. The molecule has 0 heterocycles. The number of nitrogens with two attached hydrogens (primary N) is 1. The molecule has 4 heteroatoms. The van der Waals surface area contributed by atoms with Crippen LogP contribution in [0.4, 0.5) is 8.78 Å². The minimum atomic E-state index is -0.428. The molecule has 0 saturated carbocycles. The number of hydrogen-bond acceptors (Lipinski definition) is 2. The number of hydrogen-bond donors (Lipinski definition) is 2. The first-order chi connectivity index (χ1) is 6.65. The molecule has 0 radical (unpaired) electrons. The zero-order chi connectivity index (χ0) is 10.6. The largest absolute Gasteiger partial charge is 0.329 e. The fraction of sp³-hybridized carbons (Fsp3) is 0.400. The molecule has 78 valence electrons. The Kier molecular flexibility index (Phi) is 3.98. The van der Waals surface area contributed by atoms with Gasteiger partial charge in [-0.25, -0.2) is 8.78 Å². The quantitative estimate of drug-likeness (QED) is 0.774. The molecule has 0 spiro atoms. The van der Waals surface area contributed by atoms with Crippen LogP contribution in [0.5, 0.6) is 0 Å². The first-order valence-corrected chi connectivity index (χ1v) is 4.53. The normalized spacial score (nSPS) is 12.9. The summed E-state index contributed by atoms with van der Waals surface area (Å²) >= 11 is 0. The third-order valence-corrected chi connectivity index (χ3v) is 2.02. The highest BCUT2D eigenvalue weighted by molar-refractivity contribution is 5.21. The number of nitrogens with one attached hydrogen (secondary N) is 1. The van der Waals surface area contributed by atoms with Crippen LogP contribution < -0.4 is 11.1 Å². The van der Waals surface area contributed by atoms with E-state index in [1.807, 2.05) is 0 Å². The van der Waals surface area contributed by atoms with Crippen molar-refractivity contribution in [2.24, 2.45) is 5.73 Å². The summed E-state index contributed by atoms with van der Waals surface area (Å²) < 4.78 is 26.0. The summed E-state index contributed by atoms with van der Waals surface area (Å²) in [4.78, 5) is 0. The first-order valence-electron chi connectivity index (χ1n) is 4.53. The maximum atomic E-state index is 13.2. The summed E-state index contributed by atoms with van der Waals surface area (Å²) in [5.41, 5.74) is 5.62. The van der Waals surface area contributed by atoms with E-state index in [0.717, 1.165) is 12.1 Å². The SMILES string of the molecule is CC(NCCN)c1cc(F)ccc1F. The fourth-order valence-corrected chi connectivity index (χ4v) is 1.26. The molecule has 0 aliphatic heterocycles. The van der Waals surface area contributed by atoms with E-state index in [9.17, 15) is 8.78 Å². The van der Waals surface area contributed by atoms with Crippen LogP contribution in [0.2, 0.25) is 0 Å². The van der Waals surface area contributed by atoms with Crippen LogP contribution in [0.15, 0.2) is 18.2 Å². The molecule has 14 heavy (non-hydrogen) atoms. The van der Waals surface area contributed by atoms with Crippen molar-refractivity contribution in [3.05, 3.63) is 35.4 Å². The van der Waals surface area contributed by atoms with E-state index in [1.165, 1.54) is 6.07 Å². The molecule has 0 aliphatic carbocycles. The van der Waals surface area contributed by atoms with Crippen molar-refractivity contribution in [2.75, 3.05) is 13.1 Å². The molecule has 0 bridgehead atoms. The Bertz CT molecular complexity index is 302. The smallest absolute Gasteiger partial charge is 0.128 e. The zero-order valence-electron chi connectivity index (χ0n) is 8.06. The van der Waals surface area contributed by atoms with Crippen molar-refractivity contribution >= 4 is 0 Å². The van der Waals surface area contributed by atoms with Crippen LogP contribution in [0, 0.1) is 11.6 Å². The van der Waals surface area contributed by atoms with Crippen LogP contribution in [0.25, 0.3) is 0 Å². The Labute approximate surface area is 82.1 Å². The minimum Gasteiger partial charge on any atom is -0.329 e. The lowest BCUT2D eigenvalue weighted by Gasteiger charge is -2.14. The number of rotatable bonds is 4. The number of benzene rings is 1. The van der Waals surface area contributed by atoms with E-state index in [0.29, 0.717) is 18.7 Å². The molecule has 1 aromatic rings. The second-order valence-electron chi connectivity index (χ2n) is 3.13. The van der Waals surface area contributed by atoms with Crippen molar-refractivity contribution in [3.8, 4) is 0 Å². The Morgan fingerprint density at radius 3 is 2.79 bits per heavy atom. The van der Waals surface area contributed by atoms with Crippen molar-refractivity contribution in [1.29, 1.82) is 0 Å². The Morgan fingerprint density at radius 2 is 2.14 bits per heavy atom. The van der Waals surface area contributed by atoms with Gasteiger partial charge in [0.15, 0.2) is 0 Å². The molecule has 0 fully saturated rings. The van der Waals surface area contributed by atoms with E-state index in [1.54, 1.807) is 6.92 Å². The summed E-state index contributed by atoms with van der Waals surface area (Å²) in [6, 6.07) is 3.21. The van der Waals surface area contributed by atoms with Crippen LogP contribution in [0.1, 0.15) is 18.5 Å². The van der Waals surface area contributed by atoms with Crippen molar-refractivity contribution in [1.82, 2.24) is 5.32 Å². The first kappa shape index (κ1) is 11.1. The fourth-order valence-electron chi connectivity index (χ4n) is 1.26. The maximum absolute atomic E-state index is 13.2. The van der Waals surface area contributed by atoms with Gasteiger partial charge in [-0.15, -0.1) is 0 Å². The highest BCUT2D eigenvalue weighted by Crippen LogP contribution is 2.17. The van der Waals surface area contributed by atoms with Gasteiger partial charge in [0.1, 0.15) is 11.6 Å². The molecule has 0 saturated heterocycles. The topological polar surface area (TPSA) is 38.0 Å². The predicted octanol–water partition coefficient (Wildman–Crippen LogP) is 1.57. The minimum absolute atomic E-state index is 0.228. The second kappa shape index (κ2) is 5.02. The summed E-state index contributed by atoms with van der Waals surface area (Å²) in [7, 11) is 0. The van der Waals surface area contributed by atoms with Crippen molar-refractivity contribution in [2.45, 2.75) is 13.0 Å². The van der Waals surface area contributed by atoms with E-state index >= 15 is 0 Å². The lowest BCUT2D eigenvalue weighted by atomic mass is 10.1. The molecule has 0 amide bonds. The third kappa shape index (κ3) is 2.75. The maximum Gasteiger partial charge on any atom is 0.128 e. The van der Waals surface area contributed by atoms with Gasteiger partial charge in [-0.3, -0.25) is 0 Å². The number of halogens is 2. The third-order valence-electron chi connectivity index (χ3n) is 2.02. The van der Waals surface area contributed by atoms with Crippen LogP contribution in [0.3, 0.4) is 0 Å². The van der Waals surface area contributed by atoms with E-state index < -0.39 is 11.6 Å². The van der Waals surface area contributed by atoms with Crippen molar-refractivity contribution < 1.29 is 8.78 Å². The molecular formula is C10H14F2N2. The van der Waals surface area contributed by atoms with Gasteiger partial charge in [0.05, 0.1) is 0 Å². The Balaban J connectivity index is 2.77. The van der Waals surface area contributed by atoms with Gasteiger partial charge < -0.3 is 11.1 Å². The van der Waals surface area contributed by atoms with E-state index in [4.69, 9.17) is 5.73 Å². The van der Waals surface area contributed by atoms with Gasteiger partial charge in [0, 0.05) is 24.7 Å². The highest BCUT2D eigenvalue weighted by Gasteiger charge is 2.10. The lowest BCUT2D eigenvalue weighted by Crippen LogP contribution is -2.26. The Morgan fingerprint density at radius 1 is 1.43 bits per heavy atom. The molecule has 3 N–H and O–H groups in total. The molecule has 1 aromatic carbocycles. The van der Waals surface area contributed by atoms with Gasteiger partial charge in [0.25, 0.3) is 0 Å².